The number of carbonyl (C=O) groups is 2. The third-order valence-corrected chi connectivity index (χ3v) is 10.1. The summed E-state index contributed by atoms with van der Waals surface area (Å²) in [6.07, 6.45) is 7.04. The minimum absolute atomic E-state index is 0.00559. The molecule has 1 N–H and O–H groups in total. The Morgan fingerprint density at radius 3 is 2.67 bits per heavy atom. The molecule has 2 amide bonds. The van der Waals surface area contributed by atoms with E-state index < -0.39 is 0 Å². The van der Waals surface area contributed by atoms with E-state index in [0.717, 1.165) is 49.2 Å². The number of ether oxygens (including phenoxy) is 1. The zero-order valence-electron chi connectivity index (χ0n) is 24.7. The first-order valence-electron chi connectivity index (χ1n) is 15.2. The molecule has 0 saturated carbocycles. The molecule has 2 unspecified atom stereocenters. The number of imidazole rings is 1. The van der Waals surface area contributed by atoms with E-state index >= 15 is 0 Å². The summed E-state index contributed by atoms with van der Waals surface area (Å²) < 4.78 is 7.59. The molecule has 1 spiro atoms. The van der Waals surface area contributed by atoms with E-state index in [2.05, 4.69) is 41.5 Å². The molecule has 1 saturated heterocycles. The van der Waals surface area contributed by atoms with Crippen LogP contribution >= 0.6 is 0 Å². The van der Waals surface area contributed by atoms with Crippen LogP contribution in [0.25, 0.3) is 5.65 Å². The molecule has 1 fully saturated rings. The smallest absolute Gasteiger partial charge is 0.274 e. The second-order valence-electron chi connectivity index (χ2n) is 12.4. The molecule has 2 aromatic heterocycles. The Hall–Kier alpha value is -4.13. The molecule has 2 aromatic carbocycles. The summed E-state index contributed by atoms with van der Waals surface area (Å²) in [4.78, 5) is 33.9. The summed E-state index contributed by atoms with van der Waals surface area (Å²) in [7, 11) is 1.70. The number of fused-ring (bicyclic) bond motifs is 4. The fourth-order valence-corrected chi connectivity index (χ4v) is 7.73. The van der Waals surface area contributed by atoms with Gasteiger partial charge in [-0.05, 0) is 92.8 Å². The van der Waals surface area contributed by atoms with Gasteiger partial charge in [-0.15, -0.1) is 0 Å². The number of hydrogen-bond donors (Lipinski definition) is 1. The maximum Gasteiger partial charge on any atom is 0.274 e. The minimum Gasteiger partial charge on any atom is -0.496 e. The van der Waals surface area contributed by atoms with E-state index in [1.807, 2.05) is 52.8 Å². The molecular weight excluding hydrogens is 524 g/mol. The highest BCUT2D eigenvalue weighted by atomic mass is 16.5. The van der Waals surface area contributed by atoms with Crippen molar-refractivity contribution in [2.24, 2.45) is 5.92 Å². The molecule has 4 aromatic rings. The maximum absolute atomic E-state index is 13.7. The number of likely N-dealkylation sites (tertiary alicyclic amines) is 1. The normalized spacial score (nSPS) is 20.8. The van der Waals surface area contributed by atoms with E-state index in [0.29, 0.717) is 25.2 Å². The summed E-state index contributed by atoms with van der Waals surface area (Å²) in [5, 5.41) is 3.48. The fourth-order valence-electron chi connectivity index (χ4n) is 7.73. The lowest BCUT2D eigenvalue weighted by molar-refractivity contribution is -0.126. The molecule has 42 heavy (non-hydrogen) atoms. The number of nitrogens with one attached hydrogen (secondary N) is 1. The molecule has 7 heteroatoms. The number of methoxy groups -OCH3 is 1. The van der Waals surface area contributed by atoms with Crippen molar-refractivity contribution >= 4 is 17.5 Å². The Morgan fingerprint density at radius 1 is 1.05 bits per heavy atom. The molecule has 2 atom stereocenters. The van der Waals surface area contributed by atoms with Gasteiger partial charge in [0.05, 0.1) is 18.8 Å². The van der Waals surface area contributed by atoms with Crippen molar-refractivity contribution in [2.45, 2.75) is 63.8 Å². The van der Waals surface area contributed by atoms with E-state index in [9.17, 15) is 9.59 Å². The van der Waals surface area contributed by atoms with Crippen molar-refractivity contribution in [1.82, 2.24) is 19.6 Å². The Balaban J connectivity index is 1.08. The van der Waals surface area contributed by atoms with E-state index in [4.69, 9.17) is 4.74 Å². The number of nitrogens with zero attached hydrogens (tertiary/aromatic N) is 3. The van der Waals surface area contributed by atoms with Crippen molar-refractivity contribution in [1.29, 1.82) is 0 Å². The van der Waals surface area contributed by atoms with Gasteiger partial charge in [0.2, 0.25) is 5.91 Å². The number of rotatable bonds is 4. The van der Waals surface area contributed by atoms with Crippen LogP contribution in [0.4, 0.5) is 0 Å². The average Bonchev–Trinajstić information content (AvgIpc) is 3.50. The summed E-state index contributed by atoms with van der Waals surface area (Å²) >= 11 is 0. The molecular formula is C35H38N4O3. The second-order valence-corrected chi connectivity index (χ2v) is 12.4. The standard InChI is InChI=1S/C35H38N4O3/c1-22-10-13-28-27(19-22)29(36-33(40)25-12-11-24-7-6-8-30(42-3)26(24)20-25)21-35(28)14-17-38(18-15-35)34(41)32-23(2)39-16-5-4-9-31(39)37-32/h4-10,13,16,19,25,29H,11-12,14-15,17-18,20-21H2,1-3H3,(H,36,40). The molecule has 7 nitrogen and oxygen atoms in total. The molecule has 0 radical (unpaired) electrons. The molecule has 1 aliphatic heterocycles. The first kappa shape index (κ1) is 26.7. The molecule has 2 aliphatic carbocycles. The quantitative estimate of drug-likeness (QED) is 0.357. The first-order chi connectivity index (χ1) is 20.4. The van der Waals surface area contributed by atoms with E-state index in [1.165, 1.54) is 27.8 Å². The Labute approximate surface area is 246 Å². The van der Waals surface area contributed by atoms with Crippen LogP contribution in [0.1, 0.15) is 75.7 Å². The first-order valence-corrected chi connectivity index (χ1v) is 15.2. The van der Waals surface area contributed by atoms with Crippen molar-refractivity contribution in [3.63, 3.8) is 0 Å². The number of amides is 2. The lowest BCUT2D eigenvalue weighted by atomic mass is 9.73. The monoisotopic (exact) mass is 562 g/mol. The van der Waals surface area contributed by atoms with Gasteiger partial charge in [0.15, 0.2) is 0 Å². The zero-order chi connectivity index (χ0) is 29.0. The third kappa shape index (κ3) is 4.37. The fraction of sp³-hybridized carbons (Fsp3) is 0.400. The topological polar surface area (TPSA) is 75.9 Å². The van der Waals surface area contributed by atoms with E-state index in [1.54, 1.807) is 7.11 Å². The molecule has 7 rings (SSSR count). The molecule has 216 valence electrons. The van der Waals surface area contributed by atoms with Crippen LogP contribution in [-0.4, -0.2) is 46.3 Å². The van der Waals surface area contributed by atoms with Crippen LogP contribution in [-0.2, 0) is 23.1 Å². The minimum atomic E-state index is -0.0632. The highest BCUT2D eigenvalue weighted by molar-refractivity contribution is 5.94. The van der Waals surface area contributed by atoms with Crippen LogP contribution in [0.5, 0.6) is 5.75 Å². The highest BCUT2D eigenvalue weighted by Gasteiger charge is 2.47. The van der Waals surface area contributed by atoms with Gasteiger partial charge in [0.1, 0.15) is 17.1 Å². The van der Waals surface area contributed by atoms with Gasteiger partial charge >= 0.3 is 0 Å². The lowest BCUT2D eigenvalue weighted by Crippen LogP contribution is -2.45. The van der Waals surface area contributed by atoms with Crippen LogP contribution in [0.2, 0.25) is 0 Å². The number of hydrogen-bond acceptors (Lipinski definition) is 4. The maximum atomic E-state index is 13.7. The molecule has 0 bridgehead atoms. The third-order valence-electron chi connectivity index (χ3n) is 10.1. The molecule has 3 heterocycles. The van der Waals surface area contributed by atoms with Crippen LogP contribution in [0, 0.1) is 19.8 Å². The molecule has 3 aliphatic rings. The number of aromatic nitrogens is 2. The summed E-state index contributed by atoms with van der Waals surface area (Å²) in [6.45, 7) is 5.44. The van der Waals surface area contributed by atoms with Gasteiger partial charge in [0.25, 0.3) is 5.91 Å². The van der Waals surface area contributed by atoms with Gasteiger partial charge in [-0.25, -0.2) is 4.98 Å². The van der Waals surface area contributed by atoms with Crippen LogP contribution in [0.15, 0.2) is 60.8 Å². The summed E-state index contributed by atoms with van der Waals surface area (Å²) in [5.74, 6) is 0.958. The summed E-state index contributed by atoms with van der Waals surface area (Å²) in [5.41, 5.74) is 8.41. The number of carbonyl (C=O) groups excluding carboxylic acids is 2. The largest absolute Gasteiger partial charge is 0.496 e. The Morgan fingerprint density at radius 2 is 1.88 bits per heavy atom. The Bertz CT molecular complexity index is 1680. The number of benzene rings is 2. The predicted octanol–water partition coefficient (Wildman–Crippen LogP) is 5.50. The number of pyridine rings is 1. The highest BCUT2D eigenvalue weighted by Crippen LogP contribution is 2.51. The number of aryl methyl sites for hydroxylation is 3. The zero-order valence-corrected chi connectivity index (χ0v) is 24.7. The van der Waals surface area contributed by atoms with E-state index in [-0.39, 0.29) is 29.2 Å². The van der Waals surface area contributed by atoms with Gasteiger partial charge in [-0.1, -0.05) is 42.0 Å². The lowest BCUT2D eigenvalue weighted by Gasteiger charge is -2.40. The van der Waals surface area contributed by atoms with Gasteiger partial charge in [-0.3, -0.25) is 9.59 Å². The predicted molar refractivity (Wildman–Crippen MR) is 162 cm³/mol. The summed E-state index contributed by atoms with van der Waals surface area (Å²) in [6, 6.07) is 18.7. The average molecular weight is 563 g/mol. The van der Waals surface area contributed by atoms with Crippen molar-refractivity contribution in [3.8, 4) is 5.75 Å². The Kier molecular flexibility index (Phi) is 6.56. The second kappa shape index (κ2) is 10.3. The number of piperidine rings is 1. The van der Waals surface area contributed by atoms with Crippen molar-refractivity contribution in [2.75, 3.05) is 20.2 Å². The van der Waals surface area contributed by atoms with Gasteiger partial charge in [0, 0.05) is 30.6 Å². The van der Waals surface area contributed by atoms with Crippen molar-refractivity contribution in [3.05, 3.63) is 100.0 Å². The van der Waals surface area contributed by atoms with Gasteiger partial charge in [-0.2, -0.15) is 0 Å². The SMILES string of the molecule is COc1cccc2c1CC(C(=O)NC1CC3(CCN(C(=O)c4nc5ccccn5c4C)CC3)c3ccc(C)cc31)CC2. The van der Waals surface area contributed by atoms with Crippen LogP contribution in [0.3, 0.4) is 0 Å². The van der Waals surface area contributed by atoms with Gasteiger partial charge < -0.3 is 19.4 Å². The van der Waals surface area contributed by atoms with Crippen LogP contribution < -0.4 is 10.1 Å². The van der Waals surface area contributed by atoms with Crippen molar-refractivity contribution < 1.29 is 14.3 Å².